The molecule has 0 spiro atoms. The summed E-state index contributed by atoms with van der Waals surface area (Å²) in [6, 6.07) is 14.2. The second-order valence-electron chi connectivity index (χ2n) is 6.67. The van der Waals surface area contributed by atoms with Crippen LogP contribution < -0.4 is 4.90 Å². The zero-order valence-electron chi connectivity index (χ0n) is 15.2. The maximum atomic E-state index is 12.9. The molecule has 1 fully saturated rings. The first kappa shape index (κ1) is 18.6. The molecule has 1 saturated heterocycles. The number of benzene rings is 2. The minimum absolute atomic E-state index is 0.145. The Morgan fingerprint density at radius 3 is 2.46 bits per heavy atom. The van der Waals surface area contributed by atoms with E-state index in [1.165, 1.54) is 36.2 Å². The Labute approximate surface area is 155 Å². The number of nitrogens with zero attached hydrogens (tertiary/aromatic N) is 2. The van der Waals surface area contributed by atoms with Gasteiger partial charge in [0.1, 0.15) is 0 Å². The lowest BCUT2D eigenvalue weighted by molar-refractivity contribution is 0.101. The van der Waals surface area contributed by atoms with Gasteiger partial charge in [-0.15, -0.1) is 0 Å². The SMILES string of the molecule is CC(=O)c1cccc(S(=O)(=O)N(C)Cc2ccccc2N2CCCC2)c1. The van der Waals surface area contributed by atoms with Gasteiger partial charge in [0.05, 0.1) is 4.90 Å². The summed E-state index contributed by atoms with van der Waals surface area (Å²) in [5, 5.41) is 0. The molecule has 0 amide bonds. The molecule has 5 nitrogen and oxygen atoms in total. The van der Waals surface area contributed by atoms with Gasteiger partial charge in [-0.1, -0.05) is 30.3 Å². The van der Waals surface area contributed by atoms with Crippen LogP contribution in [0.3, 0.4) is 0 Å². The summed E-state index contributed by atoms with van der Waals surface area (Å²) in [5.74, 6) is -0.149. The van der Waals surface area contributed by atoms with Crippen molar-refractivity contribution in [1.82, 2.24) is 4.31 Å². The lowest BCUT2D eigenvalue weighted by atomic mass is 10.1. The highest BCUT2D eigenvalue weighted by Gasteiger charge is 2.24. The highest BCUT2D eigenvalue weighted by Crippen LogP contribution is 2.27. The van der Waals surface area contributed by atoms with Gasteiger partial charge < -0.3 is 4.90 Å². The second-order valence-corrected chi connectivity index (χ2v) is 8.71. The van der Waals surface area contributed by atoms with Crippen molar-refractivity contribution in [1.29, 1.82) is 0 Å². The van der Waals surface area contributed by atoms with Crippen molar-refractivity contribution in [3.8, 4) is 0 Å². The molecule has 0 saturated carbocycles. The summed E-state index contributed by atoms with van der Waals surface area (Å²) in [7, 11) is -2.09. The van der Waals surface area contributed by atoms with Gasteiger partial charge in [-0.2, -0.15) is 4.31 Å². The van der Waals surface area contributed by atoms with Crippen LogP contribution in [0.25, 0.3) is 0 Å². The van der Waals surface area contributed by atoms with Gasteiger partial charge in [-0.3, -0.25) is 4.79 Å². The molecule has 0 radical (unpaired) electrons. The van der Waals surface area contributed by atoms with Crippen LogP contribution in [0.15, 0.2) is 53.4 Å². The molecule has 2 aromatic carbocycles. The van der Waals surface area contributed by atoms with Crippen LogP contribution in [0.1, 0.15) is 35.7 Å². The number of hydrogen-bond acceptors (Lipinski definition) is 4. The molecule has 0 aliphatic carbocycles. The molecule has 138 valence electrons. The molecule has 0 N–H and O–H groups in total. The molecule has 0 bridgehead atoms. The average Bonchev–Trinajstić information content (AvgIpc) is 3.16. The average molecular weight is 372 g/mol. The molecular weight excluding hydrogens is 348 g/mol. The van der Waals surface area contributed by atoms with E-state index in [2.05, 4.69) is 11.0 Å². The van der Waals surface area contributed by atoms with E-state index in [0.717, 1.165) is 24.3 Å². The fourth-order valence-electron chi connectivity index (χ4n) is 3.29. The largest absolute Gasteiger partial charge is 0.371 e. The van der Waals surface area contributed by atoms with Crippen molar-refractivity contribution in [2.75, 3.05) is 25.0 Å². The third-order valence-electron chi connectivity index (χ3n) is 4.78. The van der Waals surface area contributed by atoms with Crippen LogP contribution in [-0.4, -0.2) is 38.6 Å². The van der Waals surface area contributed by atoms with E-state index in [1.54, 1.807) is 19.2 Å². The summed E-state index contributed by atoms with van der Waals surface area (Å²) in [4.78, 5) is 14.0. The summed E-state index contributed by atoms with van der Waals surface area (Å²) in [6.45, 7) is 3.74. The molecule has 1 heterocycles. The Morgan fingerprint density at radius 2 is 1.77 bits per heavy atom. The first-order chi connectivity index (χ1) is 12.4. The predicted octanol–water partition coefficient (Wildman–Crippen LogP) is 3.31. The number of carbonyl (C=O) groups is 1. The Bertz CT molecular complexity index is 903. The van der Waals surface area contributed by atoms with Gasteiger partial charge in [0.15, 0.2) is 5.78 Å². The van der Waals surface area contributed by atoms with Crippen molar-refractivity contribution >= 4 is 21.5 Å². The molecule has 6 heteroatoms. The van der Waals surface area contributed by atoms with Crippen molar-refractivity contribution in [3.05, 3.63) is 59.7 Å². The number of anilines is 1. The van der Waals surface area contributed by atoms with Gasteiger partial charge in [-0.05, 0) is 43.5 Å². The fraction of sp³-hybridized carbons (Fsp3) is 0.350. The van der Waals surface area contributed by atoms with Gasteiger partial charge in [0.25, 0.3) is 0 Å². The maximum Gasteiger partial charge on any atom is 0.243 e. The number of para-hydroxylation sites is 1. The number of ketones is 1. The van der Waals surface area contributed by atoms with Crippen molar-refractivity contribution in [2.45, 2.75) is 31.2 Å². The lowest BCUT2D eigenvalue weighted by Crippen LogP contribution is -2.28. The van der Waals surface area contributed by atoms with Crippen LogP contribution in [0, 0.1) is 0 Å². The molecule has 2 aromatic rings. The third kappa shape index (κ3) is 3.81. The normalized spacial score (nSPS) is 14.8. The molecule has 0 unspecified atom stereocenters. The van der Waals surface area contributed by atoms with Gasteiger partial charge >= 0.3 is 0 Å². The molecule has 26 heavy (non-hydrogen) atoms. The first-order valence-corrected chi connectivity index (χ1v) is 10.2. The zero-order chi connectivity index (χ0) is 18.7. The van der Waals surface area contributed by atoms with E-state index in [1.807, 2.05) is 18.2 Å². The van der Waals surface area contributed by atoms with E-state index in [-0.39, 0.29) is 10.7 Å². The summed E-state index contributed by atoms with van der Waals surface area (Å²) in [5.41, 5.74) is 2.49. The van der Waals surface area contributed by atoms with E-state index >= 15 is 0 Å². The minimum atomic E-state index is -3.67. The zero-order valence-corrected chi connectivity index (χ0v) is 16.0. The molecule has 0 atom stereocenters. The van der Waals surface area contributed by atoms with Gasteiger partial charge in [0.2, 0.25) is 10.0 Å². The third-order valence-corrected chi connectivity index (χ3v) is 6.58. The summed E-state index contributed by atoms with van der Waals surface area (Å²) in [6.07, 6.45) is 2.33. The topological polar surface area (TPSA) is 57.7 Å². The van der Waals surface area contributed by atoms with Crippen molar-refractivity contribution in [2.24, 2.45) is 0 Å². The molecule has 3 rings (SSSR count). The van der Waals surface area contributed by atoms with E-state index in [9.17, 15) is 13.2 Å². The Balaban J connectivity index is 1.87. The molecule has 0 aromatic heterocycles. The van der Waals surface area contributed by atoms with E-state index < -0.39 is 10.0 Å². The number of sulfonamides is 1. The molecular formula is C20H24N2O3S. The van der Waals surface area contributed by atoms with Crippen LogP contribution in [0.2, 0.25) is 0 Å². The standard InChI is InChI=1S/C20H24N2O3S/c1-16(23)17-9-7-10-19(14-17)26(24,25)21(2)15-18-8-3-4-11-20(18)22-12-5-6-13-22/h3-4,7-11,14H,5-6,12-13,15H2,1-2H3. The summed E-state index contributed by atoms with van der Waals surface area (Å²) < 4.78 is 27.2. The number of carbonyl (C=O) groups excluding carboxylic acids is 1. The Morgan fingerprint density at radius 1 is 1.08 bits per heavy atom. The summed E-state index contributed by atoms with van der Waals surface area (Å²) >= 11 is 0. The van der Waals surface area contributed by atoms with Gasteiger partial charge in [-0.25, -0.2) is 8.42 Å². The Kier molecular flexibility index (Phi) is 5.44. The first-order valence-electron chi connectivity index (χ1n) is 8.80. The highest BCUT2D eigenvalue weighted by molar-refractivity contribution is 7.89. The predicted molar refractivity (Wildman–Crippen MR) is 103 cm³/mol. The number of Topliss-reactive ketones (excluding diaryl/α,β-unsaturated/α-hetero) is 1. The number of rotatable bonds is 6. The number of hydrogen-bond donors (Lipinski definition) is 0. The molecule has 1 aliphatic heterocycles. The van der Waals surface area contributed by atoms with Crippen LogP contribution in [-0.2, 0) is 16.6 Å². The van der Waals surface area contributed by atoms with Gasteiger partial charge in [0, 0.05) is 37.9 Å². The van der Waals surface area contributed by atoms with E-state index in [4.69, 9.17) is 0 Å². The lowest BCUT2D eigenvalue weighted by Gasteiger charge is -2.24. The quantitative estimate of drug-likeness (QED) is 0.730. The minimum Gasteiger partial charge on any atom is -0.371 e. The van der Waals surface area contributed by atoms with Crippen LogP contribution in [0.5, 0.6) is 0 Å². The fourth-order valence-corrected chi connectivity index (χ4v) is 4.49. The molecule has 1 aliphatic rings. The smallest absolute Gasteiger partial charge is 0.243 e. The van der Waals surface area contributed by atoms with Crippen molar-refractivity contribution < 1.29 is 13.2 Å². The Hall–Kier alpha value is -2.18. The van der Waals surface area contributed by atoms with Crippen LogP contribution in [0.4, 0.5) is 5.69 Å². The monoisotopic (exact) mass is 372 g/mol. The van der Waals surface area contributed by atoms with E-state index in [0.29, 0.717) is 12.1 Å². The van der Waals surface area contributed by atoms with Crippen LogP contribution >= 0.6 is 0 Å². The highest BCUT2D eigenvalue weighted by atomic mass is 32.2. The maximum absolute atomic E-state index is 12.9. The van der Waals surface area contributed by atoms with Crippen molar-refractivity contribution in [3.63, 3.8) is 0 Å². The second kappa shape index (κ2) is 7.60.